The van der Waals surface area contributed by atoms with Crippen LogP contribution in [0.15, 0.2) is 12.5 Å². The minimum atomic E-state index is 0.395. The second-order valence-corrected chi connectivity index (χ2v) is 2.11. The lowest BCUT2D eigenvalue weighted by molar-refractivity contribution is 0.841. The maximum atomic E-state index is 5.51. The van der Waals surface area contributed by atoms with E-state index < -0.39 is 0 Å². The molecule has 56 valence electrons. The molecule has 0 amide bonds. The molecule has 2 rings (SSSR count). The van der Waals surface area contributed by atoms with E-state index >= 15 is 0 Å². The smallest absolute Gasteiger partial charge is 0.188 e. The summed E-state index contributed by atoms with van der Waals surface area (Å²) >= 11 is 0. The van der Waals surface area contributed by atoms with Gasteiger partial charge in [0.2, 0.25) is 0 Å². The van der Waals surface area contributed by atoms with Crippen molar-refractivity contribution in [2.75, 3.05) is 11.6 Å². The van der Waals surface area contributed by atoms with Crippen molar-refractivity contribution in [2.45, 2.75) is 0 Å². The zero-order valence-electron chi connectivity index (χ0n) is 5.60. The van der Waals surface area contributed by atoms with Crippen LogP contribution >= 0.6 is 0 Å². The van der Waals surface area contributed by atoms with Crippen LogP contribution in [0.5, 0.6) is 0 Å². The van der Waals surface area contributed by atoms with E-state index in [2.05, 4.69) is 15.1 Å². The number of nitrogens with two attached hydrogens (primary N) is 2. The molecule has 0 bridgehead atoms. The first-order chi connectivity index (χ1) is 5.27. The minimum absolute atomic E-state index is 0.395. The lowest BCUT2D eigenvalue weighted by atomic mass is 10.4. The summed E-state index contributed by atoms with van der Waals surface area (Å²) in [5.41, 5.74) is 6.02. The highest BCUT2D eigenvalue weighted by molar-refractivity contribution is 5.84. The van der Waals surface area contributed by atoms with Crippen LogP contribution in [0.25, 0.3) is 11.0 Å². The highest BCUT2D eigenvalue weighted by Gasteiger charge is 2.02. The third-order valence-electron chi connectivity index (χ3n) is 1.37. The molecule has 2 heterocycles. The van der Waals surface area contributed by atoms with Gasteiger partial charge in [-0.3, -0.25) is 0 Å². The number of fused-ring (bicyclic) bond motifs is 1. The van der Waals surface area contributed by atoms with Crippen LogP contribution in [0.1, 0.15) is 0 Å². The van der Waals surface area contributed by atoms with E-state index in [1.165, 1.54) is 6.33 Å². The van der Waals surface area contributed by atoms with Gasteiger partial charge in [-0.05, 0) is 0 Å². The molecular weight excluding hydrogens is 144 g/mol. The number of nitrogen functional groups attached to an aromatic ring is 2. The van der Waals surface area contributed by atoms with Crippen LogP contribution in [0.4, 0.5) is 5.82 Å². The quantitative estimate of drug-likeness (QED) is 0.475. The monoisotopic (exact) mass is 150 g/mol. The van der Waals surface area contributed by atoms with Crippen LogP contribution in [0, 0.1) is 0 Å². The predicted molar refractivity (Wildman–Crippen MR) is 39.9 cm³/mol. The molecule has 0 atom stereocenters. The van der Waals surface area contributed by atoms with E-state index in [9.17, 15) is 0 Å². The summed E-state index contributed by atoms with van der Waals surface area (Å²) in [5.74, 6) is 5.74. The Morgan fingerprint density at radius 3 is 2.91 bits per heavy atom. The van der Waals surface area contributed by atoms with Crippen molar-refractivity contribution in [1.82, 2.24) is 19.9 Å². The van der Waals surface area contributed by atoms with Crippen LogP contribution in [-0.2, 0) is 0 Å². The van der Waals surface area contributed by atoms with Crippen LogP contribution in [0.3, 0.4) is 0 Å². The lowest BCUT2D eigenvalue weighted by Crippen LogP contribution is -2.07. The highest BCUT2D eigenvalue weighted by Crippen LogP contribution is 2.12. The summed E-state index contributed by atoms with van der Waals surface area (Å²) < 4.78 is 0. The summed E-state index contributed by atoms with van der Waals surface area (Å²) in [5, 5.41) is 4.51. The number of anilines is 1. The Morgan fingerprint density at radius 1 is 1.36 bits per heavy atom. The minimum Gasteiger partial charge on any atom is -0.383 e. The maximum Gasteiger partial charge on any atom is 0.188 e. The Bertz CT molecular complexity index is 391. The van der Waals surface area contributed by atoms with E-state index in [0.717, 1.165) is 4.79 Å². The van der Waals surface area contributed by atoms with Crippen molar-refractivity contribution in [3.8, 4) is 0 Å². The fourth-order valence-electron chi connectivity index (χ4n) is 0.873. The van der Waals surface area contributed by atoms with E-state index in [-0.39, 0.29) is 0 Å². The van der Waals surface area contributed by atoms with Gasteiger partial charge in [-0.25, -0.2) is 9.97 Å². The number of aromatic nitrogens is 4. The second kappa shape index (κ2) is 1.82. The van der Waals surface area contributed by atoms with Crippen LogP contribution in [-0.4, -0.2) is 19.9 Å². The average molecular weight is 150 g/mol. The number of nitrogens with zero attached hydrogens (tertiary/aromatic N) is 4. The first-order valence-electron chi connectivity index (χ1n) is 2.98. The number of rotatable bonds is 0. The number of hydrogen-bond donors (Lipinski definition) is 2. The van der Waals surface area contributed by atoms with E-state index in [4.69, 9.17) is 11.6 Å². The molecule has 2 aromatic heterocycles. The average Bonchev–Trinajstić information content (AvgIpc) is 2.31. The van der Waals surface area contributed by atoms with Gasteiger partial charge in [-0.2, -0.15) is 4.79 Å². The van der Waals surface area contributed by atoms with Crippen molar-refractivity contribution in [1.29, 1.82) is 0 Å². The largest absolute Gasteiger partial charge is 0.383 e. The molecule has 0 unspecified atom stereocenters. The summed E-state index contributed by atoms with van der Waals surface area (Å²) in [4.78, 5) is 8.80. The molecule has 6 nitrogen and oxygen atoms in total. The van der Waals surface area contributed by atoms with Crippen molar-refractivity contribution in [3.63, 3.8) is 0 Å². The van der Waals surface area contributed by atoms with Gasteiger partial charge < -0.3 is 11.6 Å². The first kappa shape index (κ1) is 5.90. The van der Waals surface area contributed by atoms with Crippen molar-refractivity contribution >= 4 is 16.9 Å². The van der Waals surface area contributed by atoms with Gasteiger partial charge in [0.05, 0.1) is 11.6 Å². The van der Waals surface area contributed by atoms with Crippen LogP contribution < -0.4 is 11.6 Å². The van der Waals surface area contributed by atoms with E-state index in [1.54, 1.807) is 6.20 Å². The fraction of sp³-hybridized carbons (Fsp3) is 0. The number of hydrogen-bond acceptors (Lipinski definition) is 5. The summed E-state index contributed by atoms with van der Waals surface area (Å²) in [6.45, 7) is 0. The molecule has 6 heteroatoms. The van der Waals surface area contributed by atoms with Crippen LogP contribution in [0.2, 0.25) is 0 Å². The molecule has 0 aliphatic heterocycles. The third-order valence-corrected chi connectivity index (χ3v) is 1.37. The van der Waals surface area contributed by atoms with Gasteiger partial charge in [0.15, 0.2) is 5.65 Å². The lowest BCUT2D eigenvalue weighted by Gasteiger charge is -1.88. The van der Waals surface area contributed by atoms with Crippen molar-refractivity contribution < 1.29 is 0 Å². The molecule has 0 aliphatic rings. The Morgan fingerprint density at radius 2 is 2.18 bits per heavy atom. The zero-order valence-corrected chi connectivity index (χ0v) is 5.60. The van der Waals surface area contributed by atoms with Crippen molar-refractivity contribution in [3.05, 3.63) is 12.5 Å². The molecule has 4 N–H and O–H groups in total. The highest BCUT2D eigenvalue weighted by atomic mass is 15.5. The van der Waals surface area contributed by atoms with Gasteiger partial charge in [-0.1, -0.05) is 0 Å². The molecule has 0 saturated carbocycles. The fourth-order valence-corrected chi connectivity index (χ4v) is 0.873. The molecule has 2 aromatic rings. The molecule has 0 saturated heterocycles. The van der Waals surface area contributed by atoms with Gasteiger partial charge >= 0.3 is 0 Å². The molecule has 0 aromatic carbocycles. The van der Waals surface area contributed by atoms with Gasteiger partial charge in [-0.15, -0.1) is 5.10 Å². The molecule has 0 radical (unpaired) electrons. The normalized spacial score (nSPS) is 10.5. The zero-order chi connectivity index (χ0) is 7.84. The third kappa shape index (κ3) is 0.759. The predicted octanol–water partition coefficient (Wildman–Crippen LogP) is -0.878. The molecular formula is C5H6N6. The Kier molecular flexibility index (Phi) is 0.974. The second-order valence-electron chi connectivity index (χ2n) is 2.11. The first-order valence-corrected chi connectivity index (χ1v) is 2.98. The Hall–Kier alpha value is -1.85. The summed E-state index contributed by atoms with van der Waals surface area (Å²) in [6, 6.07) is 0. The SMILES string of the molecule is Nc1ncnc2nn(N)cc12. The summed E-state index contributed by atoms with van der Waals surface area (Å²) in [7, 11) is 0. The van der Waals surface area contributed by atoms with Gasteiger partial charge in [0.25, 0.3) is 0 Å². The molecule has 0 aliphatic carbocycles. The van der Waals surface area contributed by atoms with Gasteiger partial charge in [0.1, 0.15) is 12.1 Å². The van der Waals surface area contributed by atoms with Crippen molar-refractivity contribution in [2.24, 2.45) is 0 Å². The Balaban J connectivity index is 2.90. The Labute approximate surface area is 61.8 Å². The topological polar surface area (TPSA) is 95.6 Å². The van der Waals surface area contributed by atoms with E-state index in [0.29, 0.717) is 16.9 Å². The standard InChI is InChI=1S/C5H6N6/c6-4-3-1-11(7)10-5(3)9-2-8-4/h1-2H,7H2,(H2,6,8,9,10). The molecule has 0 fully saturated rings. The molecule has 11 heavy (non-hydrogen) atoms. The van der Waals surface area contributed by atoms with Gasteiger partial charge in [0, 0.05) is 0 Å². The maximum absolute atomic E-state index is 5.51. The van der Waals surface area contributed by atoms with E-state index in [1.807, 2.05) is 0 Å². The summed E-state index contributed by atoms with van der Waals surface area (Å²) in [6.07, 6.45) is 2.93. The molecule has 0 spiro atoms.